The van der Waals surface area contributed by atoms with Crippen molar-refractivity contribution in [2.24, 2.45) is 0 Å². The summed E-state index contributed by atoms with van der Waals surface area (Å²) in [7, 11) is 0. The summed E-state index contributed by atoms with van der Waals surface area (Å²) in [4.78, 5) is 0. The van der Waals surface area contributed by atoms with Gasteiger partial charge in [0.1, 0.15) is 6.61 Å². The average molecular weight is 158 g/mol. The highest BCUT2D eigenvalue weighted by atomic mass is 16.5. The molecule has 0 saturated carbocycles. The molecule has 0 rings (SSSR count). The Morgan fingerprint density at radius 1 is 1.18 bits per heavy atom. The summed E-state index contributed by atoms with van der Waals surface area (Å²) >= 11 is 0. The van der Waals surface area contributed by atoms with Crippen molar-refractivity contribution in [1.82, 2.24) is 0 Å². The Kier molecular flexibility index (Phi) is 8.96. The van der Waals surface area contributed by atoms with E-state index in [1.54, 1.807) is 0 Å². The fourth-order valence-corrected chi connectivity index (χ4v) is 0.561. The van der Waals surface area contributed by atoms with Gasteiger partial charge in [0.05, 0.1) is 19.8 Å². The van der Waals surface area contributed by atoms with Gasteiger partial charge in [-0.3, -0.25) is 0 Å². The van der Waals surface area contributed by atoms with Gasteiger partial charge in [-0.2, -0.15) is 0 Å². The van der Waals surface area contributed by atoms with Crippen molar-refractivity contribution >= 4 is 0 Å². The molecule has 0 spiro atoms. The molecule has 0 saturated heterocycles. The molecule has 0 fully saturated rings. The largest absolute Gasteiger partial charge is 0.394 e. The fraction of sp³-hybridized carbons (Fsp3) is 0.750. The van der Waals surface area contributed by atoms with Crippen LogP contribution in [0, 0.1) is 12.3 Å². The lowest BCUT2D eigenvalue weighted by Crippen LogP contribution is -2.04. The summed E-state index contributed by atoms with van der Waals surface area (Å²) in [6, 6.07) is 0. The molecule has 0 aromatic carbocycles. The van der Waals surface area contributed by atoms with E-state index in [1.807, 2.05) is 0 Å². The van der Waals surface area contributed by atoms with Gasteiger partial charge in [0, 0.05) is 6.61 Å². The molecule has 0 aliphatic carbocycles. The lowest BCUT2D eigenvalue weighted by atomic mass is 10.5. The van der Waals surface area contributed by atoms with Gasteiger partial charge in [-0.15, -0.1) is 6.42 Å². The lowest BCUT2D eigenvalue weighted by molar-refractivity contribution is 0.0705. The first-order valence-electron chi connectivity index (χ1n) is 3.61. The van der Waals surface area contributed by atoms with Crippen LogP contribution in [0.25, 0.3) is 0 Å². The molecular formula is C8H14O3. The van der Waals surface area contributed by atoms with Crippen LogP contribution >= 0.6 is 0 Å². The summed E-state index contributed by atoms with van der Waals surface area (Å²) in [5, 5.41) is 8.32. The van der Waals surface area contributed by atoms with Gasteiger partial charge in [-0.05, 0) is 6.42 Å². The summed E-state index contributed by atoms with van der Waals surface area (Å²) < 4.78 is 9.97. The zero-order valence-electron chi connectivity index (χ0n) is 6.58. The maximum atomic E-state index is 8.32. The van der Waals surface area contributed by atoms with Crippen molar-refractivity contribution in [2.45, 2.75) is 6.42 Å². The smallest absolute Gasteiger partial charge is 0.107 e. The minimum atomic E-state index is 0.0746. The van der Waals surface area contributed by atoms with E-state index in [0.29, 0.717) is 26.4 Å². The van der Waals surface area contributed by atoms with Gasteiger partial charge >= 0.3 is 0 Å². The molecule has 64 valence electrons. The Hall–Kier alpha value is -0.560. The van der Waals surface area contributed by atoms with Crippen LogP contribution in [0.3, 0.4) is 0 Å². The van der Waals surface area contributed by atoms with Gasteiger partial charge < -0.3 is 14.6 Å². The zero-order valence-corrected chi connectivity index (χ0v) is 6.58. The fourth-order valence-electron chi connectivity index (χ4n) is 0.561. The van der Waals surface area contributed by atoms with Gasteiger partial charge in [-0.25, -0.2) is 0 Å². The van der Waals surface area contributed by atoms with Crippen molar-refractivity contribution in [1.29, 1.82) is 0 Å². The quantitative estimate of drug-likeness (QED) is 0.420. The third kappa shape index (κ3) is 9.44. The van der Waals surface area contributed by atoms with Crippen LogP contribution in [0.2, 0.25) is 0 Å². The topological polar surface area (TPSA) is 38.7 Å². The Balaban J connectivity index is 2.75. The Morgan fingerprint density at radius 2 is 1.91 bits per heavy atom. The molecule has 0 bridgehead atoms. The molecular weight excluding hydrogens is 144 g/mol. The lowest BCUT2D eigenvalue weighted by Gasteiger charge is -2.01. The normalized spacial score (nSPS) is 9.45. The van der Waals surface area contributed by atoms with E-state index in [2.05, 4.69) is 5.92 Å². The molecule has 3 nitrogen and oxygen atoms in total. The Morgan fingerprint density at radius 3 is 2.55 bits per heavy atom. The number of hydrogen-bond donors (Lipinski definition) is 1. The van der Waals surface area contributed by atoms with Crippen LogP contribution in [0.5, 0.6) is 0 Å². The molecule has 0 aromatic heterocycles. The Bertz CT molecular complexity index is 106. The van der Waals surface area contributed by atoms with Crippen LogP contribution in [0.4, 0.5) is 0 Å². The van der Waals surface area contributed by atoms with E-state index < -0.39 is 0 Å². The predicted molar refractivity (Wildman–Crippen MR) is 42.2 cm³/mol. The van der Waals surface area contributed by atoms with Crippen molar-refractivity contribution < 1.29 is 14.6 Å². The highest BCUT2D eigenvalue weighted by Gasteiger charge is 1.87. The van der Waals surface area contributed by atoms with E-state index in [9.17, 15) is 0 Å². The van der Waals surface area contributed by atoms with Crippen molar-refractivity contribution in [3.63, 3.8) is 0 Å². The van der Waals surface area contributed by atoms with Crippen LogP contribution in [0.15, 0.2) is 0 Å². The Labute approximate surface area is 67.3 Å². The highest BCUT2D eigenvalue weighted by Crippen LogP contribution is 1.83. The summed E-state index contributed by atoms with van der Waals surface area (Å²) in [5.41, 5.74) is 0. The molecule has 3 heteroatoms. The van der Waals surface area contributed by atoms with Gasteiger partial charge in [0.25, 0.3) is 0 Å². The van der Waals surface area contributed by atoms with Crippen LogP contribution in [0.1, 0.15) is 6.42 Å². The molecule has 0 radical (unpaired) electrons. The van der Waals surface area contributed by atoms with Gasteiger partial charge in [-0.1, -0.05) is 5.92 Å². The number of aliphatic hydroxyl groups excluding tert-OH is 1. The first kappa shape index (κ1) is 10.4. The van der Waals surface area contributed by atoms with E-state index in [4.69, 9.17) is 21.0 Å². The highest BCUT2D eigenvalue weighted by molar-refractivity contribution is 4.82. The maximum absolute atomic E-state index is 8.32. The monoisotopic (exact) mass is 158 g/mol. The number of rotatable bonds is 7. The SMILES string of the molecule is C#CCOCCCOCCO. The summed E-state index contributed by atoms with van der Waals surface area (Å²) in [6.07, 6.45) is 5.77. The van der Waals surface area contributed by atoms with E-state index in [-0.39, 0.29) is 6.61 Å². The first-order valence-corrected chi connectivity index (χ1v) is 3.61. The van der Waals surface area contributed by atoms with E-state index >= 15 is 0 Å². The van der Waals surface area contributed by atoms with E-state index in [1.165, 1.54) is 0 Å². The molecule has 0 unspecified atom stereocenters. The first-order chi connectivity index (χ1) is 5.41. The number of terminal acetylenes is 1. The van der Waals surface area contributed by atoms with Crippen molar-refractivity contribution in [3.05, 3.63) is 0 Å². The molecule has 0 aromatic rings. The van der Waals surface area contributed by atoms with Crippen LogP contribution < -0.4 is 0 Å². The molecule has 0 atom stereocenters. The number of hydrogen-bond acceptors (Lipinski definition) is 3. The number of aliphatic hydroxyl groups is 1. The van der Waals surface area contributed by atoms with Crippen LogP contribution in [-0.2, 0) is 9.47 Å². The number of ether oxygens (including phenoxy) is 2. The third-order valence-corrected chi connectivity index (χ3v) is 0.998. The summed E-state index contributed by atoms with van der Waals surface area (Å²) in [5.74, 6) is 2.37. The van der Waals surface area contributed by atoms with Crippen molar-refractivity contribution in [3.8, 4) is 12.3 Å². The minimum Gasteiger partial charge on any atom is -0.394 e. The maximum Gasteiger partial charge on any atom is 0.107 e. The standard InChI is InChI=1S/C8H14O3/c1-2-5-10-6-3-7-11-8-4-9/h1,9H,3-8H2. The zero-order chi connectivity index (χ0) is 8.36. The van der Waals surface area contributed by atoms with Gasteiger partial charge in [0.15, 0.2) is 0 Å². The second-order valence-corrected chi connectivity index (χ2v) is 1.95. The molecule has 0 heterocycles. The van der Waals surface area contributed by atoms with Crippen LogP contribution in [-0.4, -0.2) is 38.1 Å². The van der Waals surface area contributed by atoms with E-state index in [0.717, 1.165) is 6.42 Å². The minimum absolute atomic E-state index is 0.0746. The molecule has 11 heavy (non-hydrogen) atoms. The second-order valence-electron chi connectivity index (χ2n) is 1.95. The van der Waals surface area contributed by atoms with Gasteiger partial charge in [0.2, 0.25) is 0 Å². The molecule has 0 aliphatic heterocycles. The molecule has 0 amide bonds. The average Bonchev–Trinajstić information content (AvgIpc) is 2.03. The van der Waals surface area contributed by atoms with Crippen molar-refractivity contribution in [2.75, 3.05) is 33.0 Å². The molecule has 0 aliphatic rings. The summed E-state index contributed by atoms with van der Waals surface area (Å²) in [6.45, 7) is 2.07. The second kappa shape index (κ2) is 9.44. The predicted octanol–water partition coefficient (Wildman–Crippen LogP) is 0.0352. The third-order valence-electron chi connectivity index (χ3n) is 0.998. The molecule has 1 N–H and O–H groups in total.